The summed E-state index contributed by atoms with van der Waals surface area (Å²) in [6, 6.07) is 5.96. The molecule has 1 aromatic carbocycles. The van der Waals surface area contributed by atoms with E-state index in [4.69, 9.17) is 14.6 Å². The van der Waals surface area contributed by atoms with Crippen LogP contribution in [0.2, 0.25) is 0 Å². The first kappa shape index (κ1) is 11.4. The highest BCUT2D eigenvalue weighted by Gasteiger charge is 2.17. The van der Waals surface area contributed by atoms with Gasteiger partial charge in [-0.05, 0) is 32.9 Å². The van der Waals surface area contributed by atoms with Crippen LogP contribution in [0.15, 0.2) is 24.3 Å². The molecule has 15 heavy (non-hydrogen) atoms. The number of phenolic OH excluding ortho intramolecular Hbond substituents is 1. The van der Waals surface area contributed by atoms with Gasteiger partial charge in [-0.15, -0.1) is 0 Å². The number of rotatable bonds is 1. The predicted octanol–water partition coefficient (Wildman–Crippen LogP) is 2.71. The average Bonchev–Trinajstić information content (AvgIpc) is 1.99. The fourth-order valence-corrected chi connectivity index (χ4v) is 0.914. The van der Waals surface area contributed by atoms with E-state index in [9.17, 15) is 4.79 Å². The van der Waals surface area contributed by atoms with E-state index in [0.717, 1.165) is 0 Å². The number of benzene rings is 1. The van der Waals surface area contributed by atoms with Crippen LogP contribution in [0.1, 0.15) is 20.8 Å². The molecule has 4 nitrogen and oxygen atoms in total. The normalized spacial score (nSPS) is 10.9. The Morgan fingerprint density at radius 1 is 1.33 bits per heavy atom. The molecule has 0 aromatic heterocycles. The van der Waals surface area contributed by atoms with Crippen LogP contribution in [0, 0.1) is 0 Å². The van der Waals surface area contributed by atoms with E-state index in [1.807, 2.05) is 0 Å². The van der Waals surface area contributed by atoms with Crippen LogP contribution in [0.3, 0.4) is 0 Å². The van der Waals surface area contributed by atoms with Gasteiger partial charge in [-0.3, -0.25) is 0 Å². The fraction of sp³-hybridized carbons (Fsp3) is 0.364. The first-order valence-corrected chi connectivity index (χ1v) is 4.57. The minimum atomic E-state index is -0.784. The van der Waals surface area contributed by atoms with Gasteiger partial charge in [0.1, 0.15) is 17.1 Å². The summed E-state index contributed by atoms with van der Waals surface area (Å²) in [6.07, 6.45) is -0.784. The third kappa shape index (κ3) is 4.35. The van der Waals surface area contributed by atoms with Crippen molar-refractivity contribution in [3.05, 3.63) is 24.3 Å². The second-order valence-corrected chi connectivity index (χ2v) is 4.06. The zero-order valence-corrected chi connectivity index (χ0v) is 8.98. The van der Waals surface area contributed by atoms with Crippen molar-refractivity contribution in [2.75, 3.05) is 0 Å². The summed E-state index contributed by atoms with van der Waals surface area (Å²) in [4.78, 5) is 11.2. The Labute approximate surface area is 88.4 Å². The van der Waals surface area contributed by atoms with Crippen LogP contribution >= 0.6 is 0 Å². The first-order chi connectivity index (χ1) is 6.87. The van der Waals surface area contributed by atoms with E-state index in [2.05, 4.69) is 0 Å². The largest absolute Gasteiger partial charge is 0.514 e. The monoisotopic (exact) mass is 210 g/mol. The standard InChI is InChI=1S/C11H14O4/c1-11(2,3)15-10(13)14-9-6-4-5-8(12)7-9/h4-7,12H,1-3H3. The van der Waals surface area contributed by atoms with Gasteiger partial charge in [-0.1, -0.05) is 6.07 Å². The van der Waals surface area contributed by atoms with Gasteiger partial charge in [-0.25, -0.2) is 4.79 Å². The van der Waals surface area contributed by atoms with Crippen molar-refractivity contribution in [1.82, 2.24) is 0 Å². The third-order valence-corrected chi connectivity index (χ3v) is 1.41. The Bertz CT molecular complexity index is 352. The maximum Gasteiger partial charge on any atom is 0.514 e. The van der Waals surface area contributed by atoms with Crippen molar-refractivity contribution in [2.24, 2.45) is 0 Å². The molecule has 0 aliphatic carbocycles. The van der Waals surface area contributed by atoms with Gasteiger partial charge in [0.15, 0.2) is 0 Å². The Kier molecular flexibility index (Phi) is 3.19. The molecule has 82 valence electrons. The zero-order valence-electron chi connectivity index (χ0n) is 8.98. The fourth-order valence-electron chi connectivity index (χ4n) is 0.914. The Balaban J connectivity index is 2.59. The van der Waals surface area contributed by atoms with Crippen LogP contribution in [-0.2, 0) is 4.74 Å². The van der Waals surface area contributed by atoms with Crippen molar-refractivity contribution >= 4 is 6.16 Å². The third-order valence-electron chi connectivity index (χ3n) is 1.41. The van der Waals surface area contributed by atoms with Crippen LogP contribution in [0.4, 0.5) is 4.79 Å². The van der Waals surface area contributed by atoms with Gasteiger partial charge in [0.25, 0.3) is 0 Å². The Morgan fingerprint density at radius 2 is 2.00 bits per heavy atom. The summed E-state index contributed by atoms with van der Waals surface area (Å²) < 4.78 is 9.79. The van der Waals surface area contributed by atoms with Gasteiger partial charge in [0.05, 0.1) is 0 Å². The quantitative estimate of drug-likeness (QED) is 0.572. The van der Waals surface area contributed by atoms with Gasteiger partial charge in [-0.2, -0.15) is 0 Å². The molecule has 4 heteroatoms. The number of aromatic hydroxyl groups is 1. The molecule has 1 N–H and O–H groups in total. The second-order valence-electron chi connectivity index (χ2n) is 4.06. The molecule has 0 bridgehead atoms. The molecule has 0 heterocycles. The highest BCUT2D eigenvalue weighted by atomic mass is 16.7. The van der Waals surface area contributed by atoms with Gasteiger partial charge >= 0.3 is 6.16 Å². The Hall–Kier alpha value is -1.71. The zero-order chi connectivity index (χ0) is 11.5. The van der Waals surface area contributed by atoms with Crippen LogP contribution < -0.4 is 4.74 Å². The van der Waals surface area contributed by atoms with E-state index in [-0.39, 0.29) is 11.5 Å². The lowest BCUT2D eigenvalue weighted by atomic mass is 10.2. The summed E-state index contributed by atoms with van der Waals surface area (Å²) in [5.74, 6) is 0.292. The molecule has 0 amide bonds. The molecule has 0 fully saturated rings. The number of hydrogen-bond acceptors (Lipinski definition) is 4. The van der Waals surface area contributed by atoms with E-state index in [0.29, 0.717) is 0 Å². The van der Waals surface area contributed by atoms with Crippen molar-refractivity contribution in [1.29, 1.82) is 0 Å². The van der Waals surface area contributed by atoms with Crippen LogP contribution in [0.25, 0.3) is 0 Å². The van der Waals surface area contributed by atoms with E-state index in [1.54, 1.807) is 32.9 Å². The van der Waals surface area contributed by atoms with Gasteiger partial charge in [0, 0.05) is 6.07 Å². The lowest BCUT2D eigenvalue weighted by Gasteiger charge is -2.18. The molecule has 0 radical (unpaired) electrons. The topological polar surface area (TPSA) is 55.8 Å². The minimum absolute atomic E-state index is 0.0380. The van der Waals surface area contributed by atoms with Gasteiger partial charge in [0.2, 0.25) is 0 Å². The number of hydrogen-bond donors (Lipinski definition) is 1. The Morgan fingerprint density at radius 3 is 2.53 bits per heavy atom. The molecular formula is C11H14O4. The van der Waals surface area contributed by atoms with E-state index in [1.165, 1.54) is 12.1 Å². The average molecular weight is 210 g/mol. The SMILES string of the molecule is CC(C)(C)OC(=O)Oc1cccc(O)c1. The number of phenols is 1. The van der Waals surface area contributed by atoms with Crippen LogP contribution in [0.5, 0.6) is 11.5 Å². The minimum Gasteiger partial charge on any atom is -0.508 e. The second kappa shape index (κ2) is 4.21. The number of carbonyl (C=O) groups excluding carboxylic acids is 1. The lowest BCUT2D eigenvalue weighted by Crippen LogP contribution is -2.25. The summed E-state index contributed by atoms with van der Waals surface area (Å²) >= 11 is 0. The van der Waals surface area contributed by atoms with E-state index < -0.39 is 11.8 Å². The van der Waals surface area contributed by atoms with Gasteiger partial charge < -0.3 is 14.6 Å². The molecule has 0 aliphatic heterocycles. The molecule has 1 aromatic rings. The first-order valence-electron chi connectivity index (χ1n) is 4.57. The van der Waals surface area contributed by atoms with Crippen molar-refractivity contribution in [2.45, 2.75) is 26.4 Å². The predicted molar refractivity (Wildman–Crippen MR) is 55.0 cm³/mol. The maximum atomic E-state index is 11.2. The number of ether oxygens (including phenoxy) is 2. The molecule has 1 rings (SSSR count). The molecule has 0 unspecified atom stereocenters. The molecule has 0 saturated heterocycles. The smallest absolute Gasteiger partial charge is 0.508 e. The molecule has 0 saturated carbocycles. The number of carbonyl (C=O) groups is 1. The molecule has 0 spiro atoms. The summed E-state index contributed by atoms with van der Waals surface area (Å²) in [5.41, 5.74) is -0.589. The molecule has 0 atom stereocenters. The van der Waals surface area contributed by atoms with Crippen LogP contribution in [-0.4, -0.2) is 16.9 Å². The maximum absolute atomic E-state index is 11.2. The van der Waals surface area contributed by atoms with Crippen molar-refractivity contribution < 1.29 is 19.4 Å². The summed E-state index contributed by atoms with van der Waals surface area (Å²) in [6.45, 7) is 5.24. The van der Waals surface area contributed by atoms with Crippen molar-refractivity contribution in [3.8, 4) is 11.5 Å². The summed E-state index contributed by atoms with van der Waals surface area (Å²) in [5, 5.41) is 9.13. The summed E-state index contributed by atoms with van der Waals surface area (Å²) in [7, 11) is 0. The van der Waals surface area contributed by atoms with E-state index >= 15 is 0 Å². The molecule has 0 aliphatic rings. The lowest BCUT2D eigenvalue weighted by molar-refractivity contribution is 0.0206. The molecular weight excluding hydrogens is 196 g/mol. The van der Waals surface area contributed by atoms with Crippen molar-refractivity contribution in [3.63, 3.8) is 0 Å². The highest BCUT2D eigenvalue weighted by Crippen LogP contribution is 2.19. The highest BCUT2D eigenvalue weighted by molar-refractivity contribution is 5.64.